The highest BCUT2D eigenvalue weighted by atomic mass is 79.9. The molecule has 1 aliphatic carbocycles. The van der Waals surface area contributed by atoms with E-state index in [0.29, 0.717) is 17.9 Å². The van der Waals surface area contributed by atoms with Gasteiger partial charge in [-0.15, -0.1) is 11.3 Å². The van der Waals surface area contributed by atoms with Crippen molar-refractivity contribution in [3.63, 3.8) is 0 Å². The van der Waals surface area contributed by atoms with E-state index >= 15 is 0 Å². The summed E-state index contributed by atoms with van der Waals surface area (Å²) in [6.45, 7) is 2.40. The van der Waals surface area contributed by atoms with E-state index in [9.17, 15) is 9.90 Å². The van der Waals surface area contributed by atoms with E-state index in [1.54, 1.807) is 31.4 Å². The third-order valence-electron chi connectivity index (χ3n) is 5.13. The van der Waals surface area contributed by atoms with Crippen LogP contribution in [0.4, 0.5) is 0 Å². The van der Waals surface area contributed by atoms with Gasteiger partial charge < -0.3 is 15.2 Å². The summed E-state index contributed by atoms with van der Waals surface area (Å²) in [4.78, 5) is 15.0. The molecule has 0 spiro atoms. The van der Waals surface area contributed by atoms with E-state index in [1.165, 1.54) is 17.7 Å². The van der Waals surface area contributed by atoms with Crippen LogP contribution >= 0.6 is 27.3 Å². The van der Waals surface area contributed by atoms with Gasteiger partial charge in [0.2, 0.25) is 0 Å². The molecule has 0 saturated heterocycles. The fraction of sp³-hybridized carbons (Fsp3) is 0.450. The third kappa shape index (κ3) is 3.97. The van der Waals surface area contributed by atoms with Crippen LogP contribution in [-0.2, 0) is 5.41 Å². The van der Waals surface area contributed by atoms with Crippen LogP contribution < -0.4 is 10.1 Å². The highest BCUT2D eigenvalue weighted by Crippen LogP contribution is 2.44. The zero-order chi connectivity index (χ0) is 18.7. The molecule has 140 valence electrons. The summed E-state index contributed by atoms with van der Waals surface area (Å²) in [6.07, 6.45) is 4.01. The number of halogens is 1. The lowest BCUT2D eigenvalue weighted by Gasteiger charge is -2.28. The molecule has 1 saturated carbocycles. The molecule has 2 N–H and O–H groups in total. The van der Waals surface area contributed by atoms with Gasteiger partial charge in [0.1, 0.15) is 5.75 Å². The van der Waals surface area contributed by atoms with Crippen LogP contribution in [0.1, 0.15) is 58.8 Å². The Hall–Kier alpha value is -1.37. The van der Waals surface area contributed by atoms with E-state index in [-0.39, 0.29) is 11.3 Å². The minimum Gasteiger partial charge on any atom is -0.497 e. The van der Waals surface area contributed by atoms with Gasteiger partial charge in [0.15, 0.2) is 0 Å². The van der Waals surface area contributed by atoms with E-state index < -0.39 is 6.10 Å². The van der Waals surface area contributed by atoms with Crippen LogP contribution in [0.2, 0.25) is 0 Å². The van der Waals surface area contributed by atoms with E-state index in [1.807, 2.05) is 18.2 Å². The zero-order valence-corrected chi connectivity index (χ0v) is 17.5. The summed E-state index contributed by atoms with van der Waals surface area (Å²) in [7, 11) is 1.59. The number of hydrogen-bond donors (Lipinski definition) is 2. The van der Waals surface area contributed by atoms with Crippen LogP contribution in [0.3, 0.4) is 0 Å². The summed E-state index contributed by atoms with van der Waals surface area (Å²) in [5, 5.41) is 13.0. The van der Waals surface area contributed by atoms with E-state index in [4.69, 9.17) is 4.74 Å². The minimum atomic E-state index is -0.450. The molecule has 1 fully saturated rings. The number of aliphatic hydroxyl groups excluding tert-OH is 1. The molecule has 1 aliphatic rings. The summed E-state index contributed by atoms with van der Waals surface area (Å²) in [6, 6.07) is 9.52. The topological polar surface area (TPSA) is 58.6 Å². The van der Waals surface area contributed by atoms with Gasteiger partial charge in [-0.25, -0.2) is 0 Å². The smallest absolute Gasteiger partial charge is 0.252 e. The Bertz CT molecular complexity index is 781. The minimum absolute atomic E-state index is 0.0290. The second kappa shape index (κ2) is 8.11. The second-order valence-corrected chi connectivity index (χ2v) is 8.86. The Labute approximate surface area is 166 Å². The van der Waals surface area contributed by atoms with Crippen LogP contribution in [0.25, 0.3) is 0 Å². The molecule has 0 unspecified atom stereocenters. The first-order chi connectivity index (χ1) is 12.4. The number of amides is 1. The molecule has 4 nitrogen and oxygen atoms in total. The van der Waals surface area contributed by atoms with Gasteiger partial charge in [-0.3, -0.25) is 4.79 Å². The van der Waals surface area contributed by atoms with Gasteiger partial charge in [0, 0.05) is 26.2 Å². The summed E-state index contributed by atoms with van der Waals surface area (Å²) < 4.78 is 5.98. The molecule has 0 bridgehead atoms. The lowest BCUT2D eigenvalue weighted by atomic mass is 9.84. The largest absolute Gasteiger partial charge is 0.497 e. The summed E-state index contributed by atoms with van der Waals surface area (Å²) in [5.74, 6) is 0.558. The molecule has 1 amide bonds. The van der Waals surface area contributed by atoms with Gasteiger partial charge in [-0.2, -0.15) is 0 Å². The first-order valence-corrected chi connectivity index (χ1v) is 10.5. The van der Waals surface area contributed by atoms with Crippen LogP contribution in [0, 0.1) is 0 Å². The van der Waals surface area contributed by atoms with Crippen LogP contribution in [0.15, 0.2) is 34.8 Å². The quantitative estimate of drug-likeness (QED) is 0.680. The van der Waals surface area contributed by atoms with Crippen molar-refractivity contribution in [3.8, 4) is 5.75 Å². The predicted octanol–water partition coefficient (Wildman–Crippen LogP) is 4.81. The highest BCUT2D eigenvalue weighted by molar-refractivity contribution is 9.10. The number of aliphatic hydroxyl groups is 1. The summed E-state index contributed by atoms with van der Waals surface area (Å²) >= 11 is 5.11. The van der Waals surface area contributed by atoms with Crippen LogP contribution in [-0.4, -0.2) is 24.7 Å². The molecule has 3 rings (SSSR count). The average molecular weight is 438 g/mol. The molecular weight excluding hydrogens is 414 g/mol. The molecule has 26 heavy (non-hydrogen) atoms. The van der Waals surface area contributed by atoms with Crippen molar-refractivity contribution >= 4 is 33.2 Å². The van der Waals surface area contributed by atoms with Gasteiger partial charge >= 0.3 is 0 Å². The van der Waals surface area contributed by atoms with Crippen molar-refractivity contribution in [1.29, 1.82) is 0 Å². The number of nitrogens with one attached hydrogen (secondary N) is 1. The second-order valence-electron chi connectivity index (χ2n) is 6.89. The Balaban J connectivity index is 1.78. The highest BCUT2D eigenvalue weighted by Gasteiger charge is 2.37. The lowest BCUT2D eigenvalue weighted by Crippen LogP contribution is -2.38. The van der Waals surface area contributed by atoms with Gasteiger partial charge in [-0.05, 0) is 66.0 Å². The van der Waals surface area contributed by atoms with E-state index in [2.05, 4.69) is 27.3 Å². The fourth-order valence-electron chi connectivity index (χ4n) is 3.57. The normalized spacial score (nSPS) is 17.1. The molecule has 0 aliphatic heterocycles. The first-order valence-electron chi connectivity index (χ1n) is 8.85. The number of carbonyl (C=O) groups is 1. The van der Waals surface area contributed by atoms with E-state index in [0.717, 1.165) is 22.2 Å². The van der Waals surface area contributed by atoms with Gasteiger partial charge in [-0.1, -0.05) is 12.8 Å². The SMILES string of the molecule is COc1ccc(Br)c(C(=O)NCC2(c3ccc([C@H](C)O)s3)CCCC2)c1. The molecule has 1 aromatic carbocycles. The number of benzene rings is 1. The molecule has 1 heterocycles. The Morgan fingerprint density at radius 2 is 2.08 bits per heavy atom. The molecule has 1 aromatic heterocycles. The number of thiophene rings is 1. The maximum atomic E-state index is 12.7. The van der Waals surface area contributed by atoms with Crippen molar-refractivity contribution in [1.82, 2.24) is 5.32 Å². The van der Waals surface area contributed by atoms with Crippen molar-refractivity contribution in [2.24, 2.45) is 0 Å². The number of ether oxygens (including phenoxy) is 1. The average Bonchev–Trinajstić information content (AvgIpc) is 3.30. The van der Waals surface area contributed by atoms with Crippen molar-refractivity contribution in [3.05, 3.63) is 50.1 Å². The third-order valence-corrected chi connectivity index (χ3v) is 7.32. The maximum absolute atomic E-state index is 12.7. The predicted molar refractivity (Wildman–Crippen MR) is 108 cm³/mol. The van der Waals surface area contributed by atoms with Crippen molar-refractivity contribution in [2.45, 2.75) is 44.1 Å². The standard InChI is InChI=1S/C20H24BrNO3S/c1-13(23)17-7-8-18(26-17)20(9-3-4-10-20)12-22-19(24)15-11-14(25-2)5-6-16(15)21/h5-8,11,13,23H,3-4,9-10,12H2,1-2H3,(H,22,24)/t13-/m0/s1. The fourth-order valence-corrected chi connectivity index (χ4v) is 5.19. The van der Waals surface area contributed by atoms with Gasteiger partial charge in [0.05, 0.1) is 18.8 Å². The molecule has 0 radical (unpaired) electrons. The Morgan fingerprint density at radius 3 is 2.69 bits per heavy atom. The van der Waals surface area contributed by atoms with Gasteiger partial charge in [0.25, 0.3) is 5.91 Å². The number of hydrogen-bond acceptors (Lipinski definition) is 4. The number of rotatable bonds is 6. The molecule has 6 heteroatoms. The molecular formula is C20H24BrNO3S. The lowest BCUT2D eigenvalue weighted by molar-refractivity contribution is 0.0942. The Morgan fingerprint density at radius 1 is 1.35 bits per heavy atom. The van der Waals surface area contributed by atoms with Crippen LogP contribution in [0.5, 0.6) is 5.75 Å². The maximum Gasteiger partial charge on any atom is 0.252 e. The first kappa shape index (κ1) is 19.4. The molecule has 2 aromatic rings. The Kier molecular flexibility index (Phi) is 6.05. The summed E-state index contributed by atoms with van der Waals surface area (Å²) in [5.41, 5.74) is 0.548. The van der Waals surface area contributed by atoms with Crippen molar-refractivity contribution < 1.29 is 14.6 Å². The van der Waals surface area contributed by atoms with Crippen molar-refractivity contribution in [2.75, 3.05) is 13.7 Å². The number of carbonyl (C=O) groups excluding carboxylic acids is 1. The monoisotopic (exact) mass is 437 g/mol. The molecule has 1 atom stereocenters. The zero-order valence-electron chi connectivity index (χ0n) is 15.0. The number of methoxy groups -OCH3 is 1.